The fourth-order valence-corrected chi connectivity index (χ4v) is 1.39. The molecular formula is C8H12ClNS. The lowest BCUT2D eigenvalue weighted by Crippen LogP contribution is -2.11. The largest absolute Gasteiger partial charge is 0.308 e. The van der Waals surface area contributed by atoms with Crippen LogP contribution in [0.5, 0.6) is 0 Å². The van der Waals surface area contributed by atoms with Crippen LogP contribution in [0.1, 0.15) is 4.88 Å². The Morgan fingerprint density at radius 2 is 2.45 bits per heavy atom. The van der Waals surface area contributed by atoms with Crippen molar-refractivity contribution in [2.45, 2.75) is 6.54 Å². The van der Waals surface area contributed by atoms with Crippen LogP contribution in [-0.2, 0) is 6.54 Å². The highest BCUT2D eigenvalue weighted by atomic mass is 35.5. The minimum absolute atomic E-state index is 0. The van der Waals surface area contributed by atoms with Gasteiger partial charge in [-0.3, -0.25) is 0 Å². The van der Waals surface area contributed by atoms with Crippen molar-refractivity contribution in [3.63, 3.8) is 0 Å². The number of rotatable bonds is 4. The molecule has 0 bridgehead atoms. The van der Waals surface area contributed by atoms with Gasteiger partial charge in [-0.15, -0.1) is 30.3 Å². The van der Waals surface area contributed by atoms with Gasteiger partial charge in [0, 0.05) is 18.0 Å². The first kappa shape index (κ1) is 10.7. The summed E-state index contributed by atoms with van der Waals surface area (Å²) in [7, 11) is 0. The standard InChI is InChI=1S/C8H11NS.ClH/c1-2-5-9-7-8-4-3-6-10-8;/h2-4,6,9H,1,5,7H2;1H. The Morgan fingerprint density at radius 3 is 3.00 bits per heavy atom. The van der Waals surface area contributed by atoms with E-state index in [1.54, 1.807) is 11.3 Å². The monoisotopic (exact) mass is 189 g/mol. The fourth-order valence-electron chi connectivity index (χ4n) is 0.711. The summed E-state index contributed by atoms with van der Waals surface area (Å²) in [6.07, 6.45) is 1.87. The van der Waals surface area contributed by atoms with Crippen LogP contribution in [0.4, 0.5) is 0 Å². The average Bonchev–Trinajstić information content (AvgIpc) is 2.41. The number of hydrogen-bond donors (Lipinski definition) is 1. The number of thiophene rings is 1. The summed E-state index contributed by atoms with van der Waals surface area (Å²) >= 11 is 1.78. The minimum atomic E-state index is 0. The summed E-state index contributed by atoms with van der Waals surface area (Å²) in [4.78, 5) is 1.38. The Balaban J connectivity index is 0.000001000. The average molecular weight is 190 g/mol. The maximum absolute atomic E-state index is 3.62. The Morgan fingerprint density at radius 1 is 1.64 bits per heavy atom. The lowest BCUT2D eigenvalue weighted by atomic mass is 10.4. The molecule has 1 nitrogen and oxygen atoms in total. The van der Waals surface area contributed by atoms with Crippen LogP contribution in [0.2, 0.25) is 0 Å². The van der Waals surface area contributed by atoms with Gasteiger partial charge >= 0.3 is 0 Å². The van der Waals surface area contributed by atoms with Crippen LogP contribution in [0.3, 0.4) is 0 Å². The van der Waals surface area contributed by atoms with E-state index in [2.05, 4.69) is 29.4 Å². The topological polar surface area (TPSA) is 12.0 Å². The molecule has 0 saturated heterocycles. The van der Waals surface area contributed by atoms with Crippen molar-refractivity contribution in [2.24, 2.45) is 0 Å². The zero-order valence-corrected chi connectivity index (χ0v) is 7.88. The van der Waals surface area contributed by atoms with Crippen molar-refractivity contribution in [2.75, 3.05) is 6.54 Å². The van der Waals surface area contributed by atoms with Gasteiger partial charge in [-0.1, -0.05) is 12.1 Å². The zero-order valence-electron chi connectivity index (χ0n) is 6.25. The van der Waals surface area contributed by atoms with E-state index < -0.39 is 0 Å². The molecule has 0 fully saturated rings. The van der Waals surface area contributed by atoms with Crippen LogP contribution in [0.25, 0.3) is 0 Å². The molecule has 62 valence electrons. The highest BCUT2D eigenvalue weighted by molar-refractivity contribution is 7.09. The van der Waals surface area contributed by atoms with Gasteiger partial charge in [0.1, 0.15) is 0 Å². The van der Waals surface area contributed by atoms with E-state index in [-0.39, 0.29) is 12.4 Å². The molecule has 0 aliphatic carbocycles. The molecule has 1 rings (SSSR count). The molecular weight excluding hydrogens is 178 g/mol. The molecule has 0 atom stereocenters. The lowest BCUT2D eigenvalue weighted by molar-refractivity contribution is 0.771. The van der Waals surface area contributed by atoms with Crippen molar-refractivity contribution in [1.82, 2.24) is 5.32 Å². The van der Waals surface area contributed by atoms with E-state index in [0.29, 0.717) is 0 Å². The Hall–Kier alpha value is -0.310. The third-order valence-corrected chi connectivity index (χ3v) is 2.04. The molecule has 3 heteroatoms. The van der Waals surface area contributed by atoms with Gasteiger partial charge < -0.3 is 5.32 Å². The predicted octanol–water partition coefficient (Wildman–Crippen LogP) is 2.45. The molecule has 1 aromatic rings. The van der Waals surface area contributed by atoms with Crippen LogP contribution in [0, 0.1) is 0 Å². The van der Waals surface area contributed by atoms with Gasteiger partial charge in [0.15, 0.2) is 0 Å². The molecule has 1 aromatic heterocycles. The van der Waals surface area contributed by atoms with Gasteiger partial charge in [-0.25, -0.2) is 0 Å². The Labute approximate surface area is 77.5 Å². The SMILES string of the molecule is C=CCNCc1cccs1.Cl. The maximum Gasteiger partial charge on any atom is 0.0302 e. The van der Waals surface area contributed by atoms with Gasteiger partial charge in [-0.05, 0) is 11.4 Å². The van der Waals surface area contributed by atoms with Crippen LogP contribution in [-0.4, -0.2) is 6.54 Å². The van der Waals surface area contributed by atoms with Crippen LogP contribution < -0.4 is 5.32 Å². The summed E-state index contributed by atoms with van der Waals surface area (Å²) in [6, 6.07) is 4.19. The van der Waals surface area contributed by atoms with Gasteiger partial charge in [0.25, 0.3) is 0 Å². The van der Waals surface area contributed by atoms with Gasteiger partial charge in [0.05, 0.1) is 0 Å². The van der Waals surface area contributed by atoms with Gasteiger partial charge in [-0.2, -0.15) is 0 Å². The highest BCUT2D eigenvalue weighted by Gasteiger charge is 1.88. The van der Waals surface area contributed by atoms with E-state index >= 15 is 0 Å². The first-order valence-electron chi connectivity index (χ1n) is 3.27. The molecule has 11 heavy (non-hydrogen) atoms. The first-order valence-corrected chi connectivity index (χ1v) is 4.15. The smallest absolute Gasteiger partial charge is 0.0302 e. The Bertz CT molecular complexity index is 184. The molecule has 1 heterocycles. The fraction of sp³-hybridized carbons (Fsp3) is 0.250. The summed E-state index contributed by atoms with van der Waals surface area (Å²) in [5.74, 6) is 0. The summed E-state index contributed by atoms with van der Waals surface area (Å²) in [5.41, 5.74) is 0. The predicted molar refractivity (Wildman–Crippen MR) is 53.5 cm³/mol. The minimum Gasteiger partial charge on any atom is -0.308 e. The molecule has 0 unspecified atom stereocenters. The summed E-state index contributed by atoms with van der Waals surface area (Å²) < 4.78 is 0. The lowest BCUT2D eigenvalue weighted by Gasteiger charge is -1.95. The Kier molecular flexibility index (Phi) is 6.22. The van der Waals surface area contributed by atoms with Crippen molar-refractivity contribution in [1.29, 1.82) is 0 Å². The molecule has 0 spiro atoms. The molecule has 0 saturated carbocycles. The van der Waals surface area contributed by atoms with E-state index in [1.165, 1.54) is 4.88 Å². The highest BCUT2D eigenvalue weighted by Crippen LogP contribution is 2.06. The van der Waals surface area contributed by atoms with E-state index in [0.717, 1.165) is 13.1 Å². The van der Waals surface area contributed by atoms with Gasteiger partial charge in [0.2, 0.25) is 0 Å². The molecule has 0 aliphatic rings. The van der Waals surface area contributed by atoms with E-state index in [9.17, 15) is 0 Å². The van der Waals surface area contributed by atoms with Crippen LogP contribution in [0.15, 0.2) is 30.2 Å². The number of halogens is 1. The van der Waals surface area contributed by atoms with Crippen LogP contribution >= 0.6 is 23.7 Å². The summed E-state index contributed by atoms with van der Waals surface area (Å²) in [5, 5.41) is 5.32. The zero-order chi connectivity index (χ0) is 7.23. The molecule has 0 aliphatic heterocycles. The molecule has 0 aromatic carbocycles. The first-order chi connectivity index (χ1) is 4.93. The van der Waals surface area contributed by atoms with E-state index in [1.807, 2.05) is 6.08 Å². The second-order valence-corrected chi connectivity index (χ2v) is 3.03. The quantitative estimate of drug-likeness (QED) is 0.567. The third-order valence-electron chi connectivity index (χ3n) is 1.17. The maximum atomic E-state index is 3.62. The molecule has 0 amide bonds. The van der Waals surface area contributed by atoms with Crippen molar-refractivity contribution >= 4 is 23.7 Å². The van der Waals surface area contributed by atoms with Crippen molar-refractivity contribution in [3.05, 3.63) is 35.0 Å². The van der Waals surface area contributed by atoms with E-state index in [4.69, 9.17) is 0 Å². The second kappa shape index (κ2) is 6.40. The number of hydrogen-bond acceptors (Lipinski definition) is 2. The molecule has 0 radical (unpaired) electrons. The normalized spacial score (nSPS) is 8.73. The summed E-state index contributed by atoms with van der Waals surface area (Å²) in [6.45, 7) is 5.47. The molecule has 1 N–H and O–H groups in total. The van der Waals surface area contributed by atoms with Crippen molar-refractivity contribution < 1.29 is 0 Å². The number of nitrogens with one attached hydrogen (secondary N) is 1. The van der Waals surface area contributed by atoms with Crippen molar-refractivity contribution in [3.8, 4) is 0 Å². The second-order valence-electron chi connectivity index (χ2n) is 2.00. The third kappa shape index (κ3) is 4.19.